The summed E-state index contributed by atoms with van der Waals surface area (Å²) in [4.78, 5) is 20.3. The van der Waals surface area contributed by atoms with Crippen molar-refractivity contribution in [1.82, 2.24) is 9.97 Å². The molecular formula is C10H14FN5O. The first-order valence-corrected chi connectivity index (χ1v) is 5.43. The van der Waals surface area contributed by atoms with E-state index < -0.39 is 17.8 Å². The van der Waals surface area contributed by atoms with Crippen LogP contribution in [-0.2, 0) is 4.79 Å². The van der Waals surface area contributed by atoms with Gasteiger partial charge in [-0.2, -0.15) is 4.98 Å². The summed E-state index contributed by atoms with van der Waals surface area (Å²) in [5.74, 6) is -1.02. The van der Waals surface area contributed by atoms with Gasteiger partial charge in [0, 0.05) is 6.54 Å². The van der Waals surface area contributed by atoms with Crippen LogP contribution in [0.3, 0.4) is 0 Å². The smallest absolute Gasteiger partial charge is 0.240 e. The average Bonchev–Trinajstić information content (AvgIpc) is 2.32. The number of nitrogens with zero attached hydrogens (tertiary/aromatic N) is 3. The lowest BCUT2D eigenvalue weighted by atomic mass is 10.0. The molecular weight excluding hydrogens is 225 g/mol. The first-order chi connectivity index (χ1) is 8.09. The van der Waals surface area contributed by atoms with Crippen LogP contribution in [0.4, 0.5) is 16.2 Å². The van der Waals surface area contributed by atoms with Crippen molar-refractivity contribution in [2.75, 3.05) is 17.2 Å². The number of carbonyl (C=O) groups is 1. The summed E-state index contributed by atoms with van der Waals surface area (Å²) in [6.45, 7) is 0.543. The molecule has 0 radical (unpaired) electrons. The molecule has 1 saturated heterocycles. The van der Waals surface area contributed by atoms with Gasteiger partial charge in [0.15, 0.2) is 11.6 Å². The van der Waals surface area contributed by atoms with Gasteiger partial charge in [0.05, 0.1) is 6.20 Å². The molecule has 17 heavy (non-hydrogen) atoms. The maximum Gasteiger partial charge on any atom is 0.240 e. The summed E-state index contributed by atoms with van der Waals surface area (Å²) in [6.07, 6.45) is 3.38. The fraction of sp³-hybridized carbons (Fsp3) is 0.500. The Morgan fingerprint density at radius 3 is 3.00 bits per heavy atom. The second-order valence-corrected chi connectivity index (χ2v) is 4.01. The number of carbonyl (C=O) groups excluding carboxylic acids is 1. The normalized spacial score (nSPS) is 20.3. The van der Waals surface area contributed by atoms with Crippen LogP contribution in [0, 0.1) is 5.82 Å². The molecule has 0 bridgehead atoms. The minimum Gasteiger partial charge on any atom is -0.368 e. The molecule has 1 unspecified atom stereocenters. The summed E-state index contributed by atoms with van der Waals surface area (Å²) >= 11 is 0. The zero-order chi connectivity index (χ0) is 12.4. The highest BCUT2D eigenvalue weighted by Crippen LogP contribution is 2.25. The van der Waals surface area contributed by atoms with Crippen molar-refractivity contribution in [2.45, 2.75) is 25.3 Å². The lowest BCUT2D eigenvalue weighted by molar-refractivity contribution is -0.119. The van der Waals surface area contributed by atoms with Gasteiger partial charge in [-0.3, -0.25) is 4.79 Å². The maximum atomic E-state index is 13.6. The molecule has 1 atom stereocenters. The SMILES string of the molecule is NC(=O)C1CCCCN1c1nc(N)ncc1F. The van der Waals surface area contributed by atoms with E-state index in [1.54, 1.807) is 4.90 Å². The second kappa shape index (κ2) is 4.52. The number of anilines is 2. The van der Waals surface area contributed by atoms with E-state index in [9.17, 15) is 9.18 Å². The number of hydrogen-bond acceptors (Lipinski definition) is 5. The molecule has 7 heteroatoms. The average molecular weight is 239 g/mol. The molecule has 0 saturated carbocycles. The first-order valence-electron chi connectivity index (χ1n) is 5.43. The van der Waals surface area contributed by atoms with Gasteiger partial charge in [0.25, 0.3) is 0 Å². The molecule has 0 spiro atoms. The van der Waals surface area contributed by atoms with Crippen LogP contribution in [0.1, 0.15) is 19.3 Å². The molecule has 1 fully saturated rings. The summed E-state index contributed by atoms with van der Waals surface area (Å²) in [5, 5.41) is 0. The number of hydrogen-bond donors (Lipinski definition) is 2. The van der Waals surface area contributed by atoms with E-state index in [2.05, 4.69) is 9.97 Å². The second-order valence-electron chi connectivity index (χ2n) is 4.01. The van der Waals surface area contributed by atoms with Gasteiger partial charge in [-0.1, -0.05) is 0 Å². The minimum absolute atomic E-state index is 0.0183. The van der Waals surface area contributed by atoms with Crippen LogP contribution >= 0.6 is 0 Å². The number of primary amides is 1. The summed E-state index contributed by atoms with van der Waals surface area (Å²) in [7, 11) is 0. The summed E-state index contributed by atoms with van der Waals surface area (Å²) in [5.41, 5.74) is 10.7. The van der Waals surface area contributed by atoms with Crippen molar-refractivity contribution in [1.29, 1.82) is 0 Å². The Morgan fingerprint density at radius 1 is 1.53 bits per heavy atom. The zero-order valence-electron chi connectivity index (χ0n) is 9.27. The topological polar surface area (TPSA) is 98.1 Å². The van der Waals surface area contributed by atoms with E-state index in [-0.39, 0.29) is 11.8 Å². The molecule has 1 aromatic rings. The van der Waals surface area contributed by atoms with E-state index in [0.29, 0.717) is 13.0 Å². The summed E-state index contributed by atoms with van der Waals surface area (Å²) < 4.78 is 13.6. The van der Waals surface area contributed by atoms with Crippen LogP contribution < -0.4 is 16.4 Å². The van der Waals surface area contributed by atoms with Gasteiger partial charge in [-0.15, -0.1) is 0 Å². The molecule has 1 amide bonds. The van der Waals surface area contributed by atoms with E-state index in [1.807, 2.05) is 0 Å². The molecule has 1 aliphatic rings. The van der Waals surface area contributed by atoms with Gasteiger partial charge < -0.3 is 16.4 Å². The highest BCUT2D eigenvalue weighted by atomic mass is 19.1. The standard InChI is InChI=1S/C10H14FN5O/c11-6-5-14-10(13)15-9(6)16-4-2-1-3-7(16)8(12)17/h5,7H,1-4H2,(H2,12,17)(H2,13,14,15). The zero-order valence-corrected chi connectivity index (χ0v) is 9.27. The Bertz CT molecular complexity index is 439. The van der Waals surface area contributed by atoms with Crippen molar-refractivity contribution in [3.8, 4) is 0 Å². The maximum absolute atomic E-state index is 13.6. The van der Waals surface area contributed by atoms with Gasteiger partial charge in [-0.25, -0.2) is 9.37 Å². The molecule has 92 valence electrons. The van der Waals surface area contributed by atoms with E-state index in [4.69, 9.17) is 11.5 Å². The Labute approximate surface area is 97.8 Å². The lowest BCUT2D eigenvalue weighted by Gasteiger charge is -2.34. The van der Waals surface area contributed by atoms with Gasteiger partial charge in [0.2, 0.25) is 11.9 Å². The fourth-order valence-electron chi connectivity index (χ4n) is 2.05. The van der Waals surface area contributed by atoms with Crippen molar-refractivity contribution in [3.63, 3.8) is 0 Å². The third kappa shape index (κ3) is 2.27. The van der Waals surface area contributed by atoms with Crippen LogP contribution in [-0.4, -0.2) is 28.5 Å². The quantitative estimate of drug-likeness (QED) is 0.759. The third-order valence-electron chi connectivity index (χ3n) is 2.85. The fourth-order valence-corrected chi connectivity index (χ4v) is 2.05. The van der Waals surface area contributed by atoms with Gasteiger partial charge in [0.1, 0.15) is 6.04 Å². The van der Waals surface area contributed by atoms with Crippen LogP contribution in [0.25, 0.3) is 0 Å². The molecule has 2 rings (SSSR count). The Balaban J connectivity index is 2.35. The Hall–Kier alpha value is -1.92. The number of halogens is 1. The number of nitrogen functional groups attached to an aromatic ring is 1. The number of nitrogens with two attached hydrogens (primary N) is 2. The lowest BCUT2D eigenvalue weighted by Crippen LogP contribution is -2.48. The largest absolute Gasteiger partial charge is 0.368 e. The molecule has 4 N–H and O–H groups in total. The molecule has 0 aliphatic carbocycles. The predicted molar refractivity (Wildman–Crippen MR) is 60.6 cm³/mol. The van der Waals surface area contributed by atoms with Gasteiger partial charge >= 0.3 is 0 Å². The highest BCUT2D eigenvalue weighted by molar-refractivity contribution is 5.83. The Kier molecular flexibility index (Phi) is 3.08. The van der Waals surface area contributed by atoms with Gasteiger partial charge in [-0.05, 0) is 19.3 Å². The Morgan fingerprint density at radius 2 is 2.29 bits per heavy atom. The first kappa shape index (κ1) is 11.6. The number of aromatic nitrogens is 2. The number of rotatable bonds is 2. The molecule has 2 heterocycles. The van der Waals surface area contributed by atoms with Crippen LogP contribution in [0.5, 0.6) is 0 Å². The van der Waals surface area contributed by atoms with E-state index in [1.165, 1.54) is 0 Å². The monoisotopic (exact) mass is 239 g/mol. The molecule has 6 nitrogen and oxygen atoms in total. The van der Waals surface area contributed by atoms with E-state index >= 15 is 0 Å². The summed E-state index contributed by atoms with van der Waals surface area (Å²) in [6, 6.07) is -0.521. The van der Waals surface area contributed by atoms with E-state index in [0.717, 1.165) is 19.0 Å². The number of piperidine rings is 1. The molecule has 1 aromatic heterocycles. The molecule has 1 aliphatic heterocycles. The van der Waals surface area contributed by atoms with Crippen LogP contribution in [0.2, 0.25) is 0 Å². The minimum atomic E-state index is -0.590. The van der Waals surface area contributed by atoms with Crippen molar-refractivity contribution >= 4 is 17.7 Å². The van der Waals surface area contributed by atoms with Crippen molar-refractivity contribution in [3.05, 3.63) is 12.0 Å². The highest BCUT2D eigenvalue weighted by Gasteiger charge is 2.29. The predicted octanol–water partition coefficient (Wildman–Crippen LogP) is 0.0421. The molecule has 0 aromatic carbocycles. The third-order valence-corrected chi connectivity index (χ3v) is 2.85. The van der Waals surface area contributed by atoms with Crippen molar-refractivity contribution in [2.24, 2.45) is 5.73 Å². The number of amides is 1. The van der Waals surface area contributed by atoms with Crippen molar-refractivity contribution < 1.29 is 9.18 Å². The van der Waals surface area contributed by atoms with Crippen LogP contribution in [0.15, 0.2) is 6.20 Å².